The average Bonchev–Trinajstić information content (AvgIpc) is 2.71. The average molecular weight is 380 g/mol. The molecule has 0 saturated carbocycles. The van der Waals surface area contributed by atoms with Gasteiger partial charge in [0.25, 0.3) is 11.5 Å². The lowest BCUT2D eigenvalue weighted by Gasteiger charge is -2.22. The van der Waals surface area contributed by atoms with Crippen LogP contribution in [0.5, 0.6) is 5.75 Å². The topological polar surface area (TPSA) is 82.6 Å². The van der Waals surface area contributed by atoms with Gasteiger partial charge in [0.05, 0.1) is 13.7 Å². The Morgan fingerprint density at radius 2 is 1.89 bits per heavy atom. The van der Waals surface area contributed by atoms with E-state index in [0.29, 0.717) is 29.8 Å². The van der Waals surface area contributed by atoms with Gasteiger partial charge in [0.15, 0.2) is 0 Å². The molecule has 0 unspecified atom stereocenters. The third kappa shape index (κ3) is 4.40. The fraction of sp³-hybridized carbons (Fsp3) is 0.273. The summed E-state index contributed by atoms with van der Waals surface area (Å²) in [5.41, 5.74) is 2.64. The van der Waals surface area contributed by atoms with Gasteiger partial charge in [0.2, 0.25) is 0 Å². The molecular weight excluding hydrogens is 356 g/mol. The van der Waals surface area contributed by atoms with Gasteiger partial charge < -0.3 is 19.7 Å². The first kappa shape index (κ1) is 19.6. The molecule has 0 fully saturated rings. The number of ether oxygens (including phenoxy) is 1. The summed E-state index contributed by atoms with van der Waals surface area (Å²) in [5.74, 6) is 0.472. The van der Waals surface area contributed by atoms with Gasteiger partial charge in [-0.1, -0.05) is 12.1 Å². The SMILES string of the molecule is COc1ccc(C(=O)N(CCCO)Cc2cc3ccc(C)cc3[nH]c2=O)cc1. The minimum absolute atomic E-state index is 0.0280. The highest BCUT2D eigenvalue weighted by molar-refractivity contribution is 5.94. The van der Waals surface area contributed by atoms with Crippen molar-refractivity contribution in [3.05, 3.63) is 75.6 Å². The predicted molar refractivity (Wildman–Crippen MR) is 109 cm³/mol. The van der Waals surface area contributed by atoms with E-state index in [1.54, 1.807) is 36.3 Å². The smallest absolute Gasteiger partial charge is 0.254 e. The normalized spacial score (nSPS) is 10.8. The molecule has 0 aliphatic carbocycles. The molecule has 2 N–H and O–H groups in total. The lowest BCUT2D eigenvalue weighted by molar-refractivity contribution is 0.0731. The zero-order valence-electron chi connectivity index (χ0n) is 16.1. The van der Waals surface area contributed by atoms with Crippen molar-refractivity contribution >= 4 is 16.8 Å². The van der Waals surface area contributed by atoms with Gasteiger partial charge in [-0.3, -0.25) is 9.59 Å². The summed E-state index contributed by atoms with van der Waals surface area (Å²) >= 11 is 0. The molecule has 3 rings (SSSR count). The molecule has 146 valence electrons. The summed E-state index contributed by atoms with van der Waals surface area (Å²) in [6, 6.07) is 14.5. The zero-order chi connectivity index (χ0) is 20.1. The second-order valence-electron chi connectivity index (χ2n) is 6.75. The largest absolute Gasteiger partial charge is 0.497 e. The number of aliphatic hydroxyl groups is 1. The van der Waals surface area contributed by atoms with E-state index in [-0.39, 0.29) is 24.6 Å². The van der Waals surface area contributed by atoms with Crippen LogP contribution in [0.15, 0.2) is 53.3 Å². The number of aromatic amines is 1. The number of benzene rings is 2. The zero-order valence-corrected chi connectivity index (χ0v) is 16.1. The van der Waals surface area contributed by atoms with Crippen LogP contribution in [0, 0.1) is 6.92 Å². The van der Waals surface area contributed by atoms with Crippen molar-refractivity contribution in [2.24, 2.45) is 0 Å². The summed E-state index contributed by atoms with van der Waals surface area (Å²) in [6.07, 6.45) is 0.437. The number of pyridine rings is 1. The number of aromatic nitrogens is 1. The number of H-pyrrole nitrogens is 1. The Hall–Kier alpha value is -3.12. The van der Waals surface area contributed by atoms with Gasteiger partial charge in [-0.25, -0.2) is 0 Å². The minimum Gasteiger partial charge on any atom is -0.497 e. The number of nitrogens with one attached hydrogen (secondary N) is 1. The third-order valence-electron chi connectivity index (χ3n) is 4.65. The molecule has 0 atom stereocenters. The number of carbonyl (C=O) groups is 1. The number of hydrogen-bond donors (Lipinski definition) is 2. The van der Waals surface area contributed by atoms with Gasteiger partial charge in [0.1, 0.15) is 5.75 Å². The number of carbonyl (C=O) groups excluding carboxylic acids is 1. The molecule has 0 radical (unpaired) electrons. The van der Waals surface area contributed by atoms with Crippen LogP contribution in [-0.2, 0) is 6.54 Å². The van der Waals surface area contributed by atoms with Crippen LogP contribution >= 0.6 is 0 Å². The Kier molecular flexibility index (Phi) is 6.11. The van der Waals surface area contributed by atoms with Gasteiger partial charge in [-0.15, -0.1) is 0 Å². The molecule has 0 saturated heterocycles. The van der Waals surface area contributed by atoms with E-state index < -0.39 is 0 Å². The van der Waals surface area contributed by atoms with Crippen molar-refractivity contribution in [1.29, 1.82) is 0 Å². The summed E-state index contributed by atoms with van der Waals surface area (Å²) in [5, 5.41) is 10.1. The molecule has 1 heterocycles. The maximum Gasteiger partial charge on any atom is 0.254 e. The Labute approximate surface area is 163 Å². The van der Waals surface area contributed by atoms with E-state index in [2.05, 4.69) is 4.98 Å². The van der Waals surface area contributed by atoms with Crippen molar-refractivity contribution in [2.45, 2.75) is 19.9 Å². The molecule has 0 aliphatic rings. The van der Waals surface area contributed by atoms with Gasteiger partial charge in [0, 0.05) is 29.8 Å². The monoisotopic (exact) mass is 380 g/mol. The number of amides is 1. The maximum atomic E-state index is 13.0. The molecular formula is C22H24N2O4. The van der Waals surface area contributed by atoms with Crippen LogP contribution in [0.3, 0.4) is 0 Å². The quantitative estimate of drug-likeness (QED) is 0.660. The number of hydrogen-bond acceptors (Lipinski definition) is 4. The minimum atomic E-state index is -0.213. The Morgan fingerprint density at radius 3 is 2.57 bits per heavy atom. The molecule has 28 heavy (non-hydrogen) atoms. The van der Waals surface area contributed by atoms with Gasteiger partial charge in [-0.2, -0.15) is 0 Å². The highest BCUT2D eigenvalue weighted by Gasteiger charge is 2.18. The summed E-state index contributed by atoms with van der Waals surface area (Å²) in [7, 11) is 1.57. The van der Waals surface area contributed by atoms with E-state index in [1.807, 2.05) is 31.2 Å². The molecule has 3 aromatic rings. The van der Waals surface area contributed by atoms with Crippen molar-refractivity contribution < 1.29 is 14.6 Å². The molecule has 1 aromatic heterocycles. The fourth-order valence-electron chi connectivity index (χ4n) is 3.11. The third-order valence-corrected chi connectivity index (χ3v) is 4.65. The maximum absolute atomic E-state index is 13.0. The van der Waals surface area contributed by atoms with Crippen molar-refractivity contribution in [1.82, 2.24) is 9.88 Å². The Bertz CT molecular complexity index is 1020. The number of methoxy groups -OCH3 is 1. The molecule has 6 nitrogen and oxygen atoms in total. The molecule has 1 amide bonds. The van der Waals surface area contributed by atoms with E-state index in [1.165, 1.54) is 0 Å². The molecule has 2 aromatic carbocycles. The van der Waals surface area contributed by atoms with E-state index in [4.69, 9.17) is 4.74 Å². The van der Waals surface area contributed by atoms with E-state index >= 15 is 0 Å². The van der Waals surface area contributed by atoms with Crippen LogP contribution in [0.4, 0.5) is 0 Å². The number of nitrogens with zero attached hydrogens (tertiary/aromatic N) is 1. The van der Waals surface area contributed by atoms with Gasteiger partial charge >= 0.3 is 0 Å². The summed E-state index contributed by atoms with van der Waals surface area (Å²) in [6.45, 7) is 2.46. The van der Waals surface area contributed by atoms with Crippen LogP contribution in [0.2, 0.25) is 0 Å². The number of aryl methyl sites for hydroxylation is 1. The van der Waals surface area contributed by atoms with Crippen LogP contribution in [0.25, 0.3) is 10.9 Å². The van der Waals surface area contributed by atoms with Crippen LogP contribution < -0.4 is 10.3 Å². The lowest BCUT2D eigenvalue weighted by Crippen LogP contribution is -2.34. The van der Waals surface area contributed by atoms with E-state index in [9.17, 15) is 14.7 Å². The second-order valence-corrected chi connectivity index (χ2v) is 6.75. The molecule has 0 spiro atoms. The van der Waals surface area contributed by atoms with Crippen molar-refractivity contribution in [3.8, 4) is 5.75 Å². The van der Waals surface area contributed by atoms with Gasteiger partial charge in [-0.05, 0) is 60.7 Å². The Balaban J connectivity index is 1.90. The standard InChI is InChI=1S/C22H24N2O4/c1-15-4-5-17-13-18(21(26)23-20(17)12-15)14-24(10-3-11-25)22(27)16-6-8-19(28-2)9-7-16/h4-9,12-13,25H,3,10-11,14H2,1-2H3,(H,23,26). The van der Waals surface area contributed by atoms with Crippen LogP contribution in [-0.4, -0.2) is 41.2 Å². The Morgan fingerprint density at radius 1 is 1.14 bits per heavy atom. The molecule has 0 bridgehead atoms. The first-order valence-corrected chi connectivity index (χ1v) is 9.18. The second kappa shape index (κ2) is 8.71. The van der Waals surface area contributed by atoms with Crippen LogP contribution in [0.1, 0.15) is 27.9 Å². The first-order chi connectivity index (χ1) is 13.5. The summed E-state index contributed by atoms with van der Waals surface area (Å²) < 4.78 is 5.13. The van der Waals surface area contributed by atoms with Crippen molar-refractivity contribution in [2.75, 3.05) is 20.3 Å². The molecule has 6 heteroatoms. The van der Waals surface area contributed by atoms with E-state index in [0.717, 1.165) is 16.5 Å². The predicted octanol–water partition coefficient (Wildman–Crippen LogP) is 2.87. The fourth-order valence-corrected chi connectivity index (χ4v) is 3.11. The molecule has 0 aliphatic heterocycles. The highest BCUT2D eigenvalue weighted by Crippen LogP contribution is 2.17. The number of fused-ring (bicyclic) bond motifs is 1. The highest BCUT2D eigenvalue weighted by atomic mass is 16.5. The number of aliphatic hydroxyl groups excluding tert-OH is 1. The first-order valence-electron chi connectivity index (χ1n) is 9.18. The number of rotatable bonds is 7. The summed E-state index contributed by atoms with van der Waals surface area (Å²) in [4.78, 5) is 30.0. The van der Waals surface area contributed by atoms with Crippen molar-refractivity contribution in [3.63, 3.8) is 0 Å². The lowest BCUT2D eigenvalue weighted by atomic mass is 10.1.